The Balaban J connectivity index is 1.39. The van der Waals surface area contributed by atoms with Gasteiger partial charge in [-0.1, -0.05) is 6.07 Å². The molecule has 4 rings (SSSR count). The van der Waals surface area contributed by atoms with Crippen LogP contribution in [-0.4, -0.2) is 31.4 Å². The van der Waals surface area contributed by atoms with Gasteiger partial charge < -0.3 is 15.8 Å². The molecule has 0 bridgehead atoms. The predicted octanol–water partition coefficient (Wildman–Crippen LogP) is 3.82. The first kappa shape index (κ1) is 22.9. The molecule has 0 saturated heterocycles. The molecule has 9 heteroatoms. The van der Waals surface area contributed by atoms with Crippen LogP contribution >= 0.6 is 0 Å². The summed E-state index contributed by atoms with van der Waals surface area (Å²) in [6, 6.07) is 9.32. The van der Waals surface area contributed by atoms with E-state index in [1.165, 1.54) is 11.8 Å². The average molecular weight is 459 g/mol. The number of aryl methyl sites for hydroxylation is 4. The van der Waals surface area contributed by atoms with Crippen molar-refractivity contribution in [1.29, 1.82) is 0 Å². The molecular weight excluding hydrogens is 432 g/mol. The molecular formula is C25H26N6O3. The number of hydrogen-bond acceptors (Lipinski definition) is 6. The molecule has 1 aromatic carbocycles. The van der Waals surface area contributed by atoms with Crippen molar-refractivity contribution in [3.8, 4) is 11.6 Å². The summed E-state index contributed by atoms with van der Waals surface area (Å²) in [6.07, 6.45) is 3.70. The minimum atomic E-state index is -0.576. The highest BCUT2D eigenvalue weighted by Crippen LogP contribution is 2.23. The third-order valence-corrected chi connectivity index (χ3v) is 5.80. The molecule has 0 aliphatic rings. The second kappa shape index (κ2) is 9.30. The first-order valence-electron chi connectivity index (χ1n) is 10.9. The number of pyridine rings is 1. The Morgan fingerprint density at radius 1 is 1.06 bits per heavy atom. The van der Waals surface area contributed by atoms with Crippen LogP contribution < -0.4 is 15.8 Å². The lowest BCUT2D eigenvalue weighted by atomic mass is 10.1. The summed E-state index contributed by atoms with van der Waals surface area (Å²) in [5.74, 6) is 0.430. The van der Waals surface area contributed by atoms with Gasteiger partial charge in [0.05, 0.1) is 18.1 Å². The highest BCUT2D eigenvalue weighted by atomic mass is 16.5. The van der Waals surface area contributed by atoms with E-state index in [-0.39, 0.29) is 17.9 Å². The third-order valence-electron chi connectivity index (χ3n) is 5.80. The van der Waals surface area contributed by atoms with Crippen LogP contribution in [0.1, 0.15) is 44.9 Å². The molecule has 0 unspecified atom stereocenters. The van der Waals surface area contributed by atoms with Gasteiger partial charge in [0, 0.05) is 23.9 Å². The maximum Gasteiger partial charge on any atom is 0.254 e. The average Bonchev–Trinajstić information content (AvgIpc) is 3.22. The van der Waals surface area contributed by atoms with E-state index in [0.717, 1.165) is 22.5 Å². The zero-order valence-electron chi connectivity index (χ0n) is 19.5. The number of primary amides is 1. The Kier molecular flexibility index (Phi) is 6.27. The number of ether oxygens (including phenoxy) is 1. The number of nitrogens with zero attached hydrogens (tertiary/aromatic N) is 4. The molecule has 4 aromatic rings. The quantitative estimate of drug-likeness (QED) is 0.434. The van der Waals surface area contributed by atoms with Gasteiger partial charge in [0.2, 0.25) is 11.8 Å². The summed E-state index contributed by atoms with van der Waals surface area (Å²) >= 11 is 0. The zero-order valence-corrected chi connectivity index (χ0v) is 19.5. The van der Waals surface area contributed by atoms with Crippen molar-refractivity contribution < 1.29 is 14.3 Å². The number of hydrogen-bond donors (Lipinski definition) is 2. The number of carbonyl (C=O) groups is 2. The highest BCUT2D eigenvalue weighted by molar-refractivity contribution is 5.98. The summed E-state index contributed by atoms with van der Waals surface area (Å²) in [5.41, 5.74) is 11.5. The summed E-state index contributed by atoms with van der Waals surface area (Å²) < 4.78 is 7.37. The normalized spacial score (nSPS) is 10.9. The highest BCUT2D eigenvalue weighted by Gasteiger charge is 2.17. The van der Waals surface area contributed by atoms with Crippen molar-refractivity contribution in [1.82, 2.24) is 19.6 Å². The number of nitrogens with one attached hydrogen (secondary N) is 1. The molecule has 0 radical (unpaired) electrons. The van der Waals surface area contributed by atoms with E-state index in [2.05, 4.69) is 20.4 Å². The molecule has 0 atom stereocenters. The number of nitrogens with two attached hydrogens (primary N) is 1. The Bertz CT molecular complexity index is 1390. The fourth-order valence-corrected chi connectivity index (χ4v) is 3.72. The second-order valence-electron chi connectivity index (χ2n) is 8.20. The Morgan fingerprint density at radius 3 is 2.53 bits per heavy atom. The van der Waals surface area contributed by atoms with Gasteiger partial charge in [-0.3, -0.25) is 9.59 Å². The summed E-state index contributed by atoms with van der Waals surface area (Å²) in [5, 5.41) is 7.07. The number of carbonyl (C=O) groups excluding carboxylic acids is 2. The topological polar surface area (TPSA) is 124 Å². The number of aromatic nitrogens is 4. The Morgan fingerprint density at radius 2 is 1.85 bits per heavy atom. The van der Waals surface area contributed by atoms with Gasteiger partial charge in [-0.25, -0.2) is 14.5 Å². The van der Waals surface area contributed by atoms with Gasteiger partial charge in [-0.15, -0.1) is 0 Å². The van der Waals surface area contributed by atoms with E-state index in [4.69, 9.17) is 10.5 Å². The number of fused-ring (bicyclic) bond motifs is 1. The zero-order chi connectivity index (χ0) is 24.4. The number of rotatable bonds is 7. The molecule has 0 spiro atoms. The van der Waals surface area contributed by atoms with E-state index in [1.54, 1.807) is 22.8 Å². The first-order chi connectivity index (χ1) is 16.2. The summed E-state index contributed by atoms with van der Waals surface area (Å²) in [6.45, 7) is 7.79. The van der Waals surface area contributed by atoms with Crippen molar-refractivity contribution in [2.75, 3.05) is 5.32 Å². The standard InChI is InChI=1S/C25H26N6O3/c1-14-5-7-19(11-15(14)2)34-23-10-6-18(12-27-23)30-22(32)9-8-20-16(3)29-25-21(24(26)33)13-28-31(25)17(20)4/h5-7,10-13H,8-9H2,1-4H3,(H2,26,33)(H,30,32). The van der Waals surface area contributed by atoms with Gasteiger partial charge >= 0.3 is 0 Å². The fraction of sp³-hybridized carbons (Fsp3) is 0.240. The third kappa shape index (κ3) is 4.73. The van der Waals surface area contributed by atoms with Crippen LogP contribution in [0.2, 0.25) is 0 Å². The molecule has 2 amide bonds. The number of benzene rings is 1. The van der Waals surface area contributed by atoms with Crippen LogP contribution in [-0.2, 0) is 11.2 Å². The minimum absolute atomic E-state index is 0.151. The minimum Gasteiger partial charge on any atom is -0.439 e. The van der Waals surface area contributed by atoms with Gasteiger partial charge in [-0.05, 0) is 69.0 Å². The van der Waals surface area contributed by atoms with E-state index < -0.39 is 5.91 Å². The van der Waals surface area contributed by atoms with Crippen LogP contribution in [0, 0.1) is 27.7 Å². The summed E-state index contributed by atoms with van der Waals surface area (Å²) in [4.78, 5) is 32.9. The lowest BCUT2D eigenvalue weighted by Crippen LogP contribution is -2.15. The van der Waals surface area contributed by atoms with Crippen molar-refractivity contribution in [3.05, 3.63) is 76.4 Å². The molecule has 3 heterocycles. The van der Waals surface area contributed by atoms with Gasteiger partial charge in [0.1, 0.15) is 11.3 Å². The number of amides is 2. The molecule has 0 saturated carbocycles. The van der Waals surface area contributed by atoms with Gasteiger partial charge in [0.25, 0.3) is 5.91 Å². The lowest BCUT2D eigenvalue weighted by Gasteiger charge is -2.12. The summed E-state index contributed by atoms with van der Waals surface area (Å²) in [7, 11) is 0. The molecule has 9 nitrogen and oxygen atoms in total. The predicted molar refractivity (Wildman–Crippen MR) is 128 cm³/mol. The van der Waals surface area contributed by atoms with Crippen molar-refractivity contribution in [2.45, 2.75) is 40.5 Å². The van der Waals surface area contributed by atoms with Crippen molar-refractivity contribution in [3.63, 3.8) is 0 Å². The maximum atomic E-state index is 12.5. The molecule has 34 heavy (non-hydrogen) atoms. The monoisotopic (exact) mass is 458 g/mol. The van der Waals surface area contributed by atoms with E-state index in [0.29, 0.717) is 29.4 Å². The smallest absolute Gasteiger partial charge is 0.254 e. The van der Waals surface area contributed by atoms with Crippen LogP contribution in [0.15, 0.2) is 42.7 Å². The molecule has 0 aliphatic carbocycles. The second-order valence-corrected chi connectivity index (χ2v) is 8.20. The van der Waals surface area contributed by atoms with E-state index in [9.17, 15) is 9.59 Å². The van der Waals surface area contributed by atoms with Crippen LogP contribution in [0.4, 0.5) is 5.69 Å². The molecule has 174 valence electrons. The Labute approximate surface area is 197 Å². The molecule has 0 aliphatic heterocycles. The lowest BCUT2D eigenvalue weighted by molar-refractivity contribution is -0.116. The van der Waals surface area contributed by atoms with E-state index >= 15 is 0 Å². The van der Waals surface area contributed by atoms with E-state index in [1.807, 2.05) is 45.9 Å². The molecule has 0 fully saturated rings. The van der Waals surface area contributed by atoms with Crippen LogP contribution in [0.25, 0.3) is 5.65 Å². The number of anilines is 1. The van der Waals surface area contributed by atoms with Crippen LogP contribution in [0.3, 0.4) is 0 Å². The van der Waals surface area contributed by atoms with Gasteiger partial charge in [0.15, 0.2) is 5.65 Å². The van der Waals surface area contributed by atoms with Crippen LogP contribution in [0.5, 0.6) is 11.6 Å². The largest absolute Gasteiger partial charge is 0.439 e. The van der Waals surface area contributed by atoms with Gasteiger partial charge in [-0.2, -0.15) is 5.10 Å². The molecule has 3 N–H and O–H groups in total. The first-order valence-corrected chi connectivity index (χ1v) is 10.9. The van der Waals surface area contributed by atoms with Crippen molar-refractivity contribution >= 4 is 23.1 Å². The Hall–Kier alpha value is -4.27. The fourth-order valence-electron chi connectivity index (χ4n) is 3.72. The maximum absolute atomic E-state index is 12.5. The SMILES string of the molecule is Cc1ccc(Oc2ccc(NC(=O)CCc3c(C)nc4c(C(N)=O)cnn4c3C)cn2)cc1C. The molecule has 3 aromatic heterocycles. The van der Waals surface area contributed by atoms with Crippen molar-refractivity contribution in [2.24, 2.45) is 5.73 Å².